The summed E-state index contributed by atoms with van der Waals surface area (Å²) < 4.78 is 3.34. The number of hydrogen-bond donors (Lipinski definition) is 2. The number of nitrogens with one attached hydrogen (secondary N) is 2. The van der Waals surface area contributed by atoms with Crippen molar-refractivity contribution in [1.82, 2.24) is 29.6 Å². The molecule has 0 saturated heterocycles. The lowest BCUT2D eigenvalue weighted by Crippen LogP contribution is -2.27. The van der Waals surface area contributed by atoms with Crippen LogP contribution in [0.25, 0.3) is 16.9 Å². The van der Waals surface area contributed by atoms with Crippen LogP contribution in [0, 0.1) is 0 Å². The van der Waals surface area contributed by atoms with Gasteiger partial charge >= 0.3 is 0 Å². The second kappa shape index (κ2) is 9.34. The molecule has 35 heavy (non-hydrogen) atoms. The SMILES string of the molecule is C=CCn1c(=O)c2cnc(Nc3ccc4c(c3)CNCC4)nc2n1-c1cccc(N(C)C(C)C)n1. The molecule has 4 aromatic rings. The number of nitrogens with zero attached hydrogens (tertiary/aromatic N) is 6. The van der Waals surface area contributed by atoms with Gasteiger partial charge in [-0.25, -0.2) is 19.3 Å². The number of allylic oxidation sites excluding steroid dienone is 1. The number of hydrogen-bond acceptors (Lipinski definition) is 7. The Bertz CT molecular complexity index is 1450. The molecule has 1 aromatic carbocycles. The van der Waals surface area contributed by atoms with Gasteiger partial charge in [-0.3, -0.25) is 4.79 Å². The molecule has 9 heteroatoms. The molecule has 0 saturated carbocycles. The molecule has 9 nitrogen and oxygen atoms in total. The van der Waals surface area contributed by atoms with Crippen LogP contribution in [0.3, 0.4) is 0 Å². The Balaban J connectivity index is 1.60. The molecule has 0 fully saturated rings. The van der Waals surface area contributed by atoms with Gasteiger partial charge in [-0.2, -0.15) is 4.98 Å². The molecule has 180 valence electrons. The van der Waals surface area contributed by atoms with E-state index in [4.69, 9.17) is 9.97 Å². The van der Waals surface area contributed by atoms with Gasteiger partial charge in [0.2, 0.25) is 5.95 Å². The molecular weight excluding hydrogens is 440 g/mol. The van der Waals surface area contributed by atoms with Crippen LogP contribution < -0.4 is 21.1 Å². The Kier molecular flexibility index (Phi) is 6.08. The van der Waals surface area contributed by atoms with E-state index in [0.717, 1.165) is 31.0 Å². The summed E-state index contributed by atoms with van der Waals surface area (Å²) in [7, 11) is 2.00. The third-order valence-corrected chi connectivity index (χ3v) is 6.40. The number of pyridine rings is 1. The highest BCUT2D eigenvalue weighted by Gasteiger charge is 2.19. The van der Waals surface area contributed by atoms with Crippen LogP contribution in [-0.4, -0.2) is 43.9 Å². The normalized spacial score (nSPS) is 13.1. The largest absolute Gasteiger partial charge is 0.357 e. The third-order valence-electron chi connectivity index (χ3n) is 6.40. The van der Waals surface area contributed by atoms with Gasteiger partial charge in [-0.1, -0.05) is 18.2 Å². The Hall–Kier alpha value is -3.98. The Morgan fingerprint density at radius 1 is 1.23 bits per heavy atom. The average Bonchev–Trinajstić information content (AvgIpc) is 3.14. The lowest BCUT2D eigenvalue weighted by molar-refractivity contribution is 0.596. The maximum atomic E-state index is 13.2. The summed E-state index contributed by atoms with van der Waals surface area (Å²) >= 11 is 0. The third kappa shape index (κ3) is 4.30. The second-order valence-electron chi connectivity index (χ2n) is 9.01. The summed E-state index contributed by atoms with van der Waals surface area (Å²) in [6.07, 6.45) is 4.29. The number of anilines is 3. The Morgan fingerprint density at radius 2 is 2.09 bits per heavy atom. The van der Waals surface area contributed by atoms with E-state index in [0.29, 0.717) is 29.3 Å². The highest BCUT2D eigenvalue weighted by molar-refractivity contribution is 5.77. The van der Waals surface area contributed by atoms with Gasteiger partial charge in [-0.05, 0) is 62.2 Å². The molecule has 3 aromatic heterocycles. The maximum Gasteiger partial charge on any atom is 0.278 e. The molecule has 5 rings (SSSR count). The molecule has 0 bridgehead atoms. The standard InChI is InChI=1S/C26H30N8O/c1-5-13-33-25(35)21-16-28-26(29-20-10-9-18-11-12-27-15-19(18)14-20)31-24(21)34(33)23-8-6-7-22(30-23)32(4)17(2)3/h5-10,14,16-17,27H,1,11-13,15H2,2-4H3,(H,28,29,31). The lowest BCUT2D eigenvalue weighted by Gasteiger charge is -2.23. The number of rotatable bonds is 7. The van der Waals surface area contributed by atoms with Crippen molar-refractivity contribution in [3.05, 3.63) is 76.7 Å². The van der Waals surface area contributed by atoms with Crippen LogP contribution in [0.2, 0.25) is 0 Å². The van der Waals surface area contributed by atoms with Crippen LogP contribution in [0.1, 0.15) is 25.0 Å². The van der Waals surface area contributed by atoms with Crippen molar-refractivity contribution < 1.29 is 0 Å². The van der Waals surface area contributed by atoms with Crippen LogP contribution in [0.15, 0.2) is 60.0 Å². The van der Waals surface area contributed by atoms with E-state index in [1.54, 1.807) is 21.6 Å². The number of fused-ring (bicyclic) bond motifs is 2. The van der Waals surface area contributed by atoms with Crippen LogP contribution in [0.4, 0.5) is 17.5 Å². The van der Waals surface area contributed by atoms with Crippen molar-refractivity contribution in [1.29, 1.82) is 0 Å². The number of aromatic nitrogens is 5. The molecule has 0 unspecified atom stereocenters. The van der Waals surface area contributed by atoms with Gasteiger partial charge in [-0.15, -0.1) is 6.58 Å². The van der Waals surface area contributed by atoms with Crippen LogP contribution in [-0.2, 0) is 19.5 Å². The van der Waals surface area contributed by atoms with Crippen LogP contribution >= 0.6 is 0 Å². The summed E-state index contributed by atoms with van der Waals surface area (Å²) in [6, 6.07) is 12.4. The van der Waals surface area contributed by atoms with Gasteiger partial charge in [0.1, 0.15) is 11.2 Å². The first-order valence-electron chi connectivity index (χ1n) is 11.9. The van der Waals surface area contributed by atoms with Crippen molar-refractivity contribution in [3.63, 3.8) is 0 Å². The highest BCUT2D eigenvalue weighted by Crippen LogP contribution is 2.23. The lowest BCUT2D eigenvalue weighted by atomic mass is 10.0. The zero-order valence-electron chi connectivity index (χ0n) is 20.3. The zero-order chi connectivity index (χ0) is 24.5. The Morgan fingerprint density at radius 3 is 2.89 bits per heavy atom. The van der Waals surface area contributed by atoms with Gasteiger partial charge in [0.05, 0.1) is 6.54 Å². The van der Waals surface area contributed by atoms with E-state index in [2.05, 4.69) is 53.1 Å². The molecule has 0 amide bonds. The summed E-state index contributed by atoms with van der Waals surface area (Å²) in [5, 5.41) is 7.14. The quantitative estimate of drug-likeness (QED) is 0.400. The van der Waals surface area contributed by atoms with E-state index in [9.17, 15) is 4.79 Å². The first-order chi connectivity index (χ1) is 17.0. The topological polar surface area (TPSA) is 92.9 Å². The molecule has 1 aliphatic rings. The minimum atomic E-state index is -0.185. The fraction of sp³-hybridized carbons (Fsp3) is 0.308. The molecule has 2 N–H and O–H groups in total. The zero-order valence-corrected chi connectivity index (χ0v) is 20.3. The van der Waals surface area contributed by atoms with E-state index in [1.165, 1.54) is 11.1 Å². The summed E-state index contributed by atoms with van der Waals surface area (Å²) in [6.45, 7) is 10.2. The fourth-order valence-corrected chi connectivity index (χ4v) is 4.29. The van der Waals surface area contributed by atoms with Crippen molar-refractivity contribution in [2.75, 3.05) is 23.8 Å². The first-order valence-corrected chi connectivity index (χ1v) is 11.9. The van der Waals surface area contributed by atoms with Crippen molar-refractivity contribution in [2.24, 2.45) is 0 Å². The summed E-state index contributed by atoms with van der Waals surface area (Å²) in [5.74, 6) is 1.83. The molecule has 0 atom stereocenters. The van der Waals surface area contributed by atoms with Crippen molar-refractivity contribution in [3.8, 4) is 5.82 Å². The fourth-order valence-electron chi connectivity index (χ4n) is 4.29. The van der Waals surface area contributed by atoms with Crippen LogP contribution in [0.5, 0.6) is 0 Å². The van der Waals surface area contributed by atoms with E-state index in [-0.39, 0.29) is 11.6 Å². The second-order valence-corrected chi connectivity index (χ2v) is 9.01. The van der Waals surface area contributed by atoms with Gasteiger partial charge in [0.25, 0.3) is 5.56 Å². The number of benzene rings is 1. The monoisotopic (exact) mass is 470 g/mol. The Labute approximate surface area is 204 Å². The molecule has 4 heterocycles. The summed E-state index contributed by atoms with van der Waals surface area (Å²) in [4.78, 5) is 29.3. The van der Waals surface area contributed by atoms with E-state index < -0.39 is 0 Å². The highest BCUT2D eigenvalue weighted by atomic mass is 16.1. The summed E-state index contributed by atoms with van der Waals surface area (Å²) in [5.41, 5.74) is 3.84. The first kappa shape index (κ1) is 22.8. The average molecular weight is 471 g/mol. The van der Waals surface area contributed by atoms with Gasteiger partial charge in [0.15, 0.2) is 11.5 Å². The molecule has 1 aliphatic heterocycles. The van der Waals surface area contributed by atoms with E-state index >= 15 is 0 Å². The molecule has 0 radical (unpaired) electrons. The minimum Gasteiger partial charge on any atom is -0.357 e. The van der Waals surface area contributed by atoms with E-state index in [1.807, 2.05) is 31.3 Å². The maximum absolute atomic E-state index is 13.2. The predicted octanol–water partition coefficient (Wildman–Crippen LogP) is 3.40. The minimum absolute atomic E-state index is 0.185. The smallest absolute Gasteiger partial charge is 0.278 e. The van der Waals surface area contributed by atoms with Crippen molar-refractivity contribution >= 4 is 28.5 Å². The molecular formula is C26H30N8O. The molecule has 0 spiro atoms. The predicted molar refractivity (Wildman–Crippen MR) is 140 cm³/mol. The van der Waals surface area contributed by atoms with Gasteiger partial charge < -0.3 is 15.5 Å². The molecule has 0 aliphatic carbocycles. The van der Waals surface area contributed by atoms with Crippen molar-refractivity contribution in [2.45, 2.75) is 39.4 Å². The van der Waals surface area contributed by atoms with Gasteiger partial charge in [0, 0.05) is 31.5 Å².